The maximum atomic E-state index is 12.7. The molecule has 0 aliphatic heterocycles. The largest absolute Gasteiger partial charge is 0.395 e. The number of benzene rings is 1. The first-order valence-corrected chi connectivity index (χ1v) is 9.69. The van der Waals surface area contributed by atoms with Crippen LogP contribution in [0, 0.1) is 0 Å². The number of hydrogen-bond acceptors (Lipinski definition) is 6. The molecule has 0 spiro atoms. The van der Waals surface area contributed by atoms with E-state index in [1.165, 1.54) is 23.0 Å². The fourth-order valence-corrected chi connectivity index (χ4v) is 3.57. The second kappa shape index (κ2) is 7.42. The van der Waals surface area contributed by atoms with Crippen molar-refractivity contribution in [1.29, 1.82) is 0 Å². The fourth-order valence-electron chi connectivity index (χ4n) is 2.34. The van der Waals surface area contributed by atoms with Crippen molar-refractivity contribution < 1.29 is 18.3 Å². The molecule has 0 fully saturated rings. The highest BCUT2D eigenvalue weighted by Crippen LogP contribution is 2.33. The number of aromatic nitrogens is 2. The number of aryl methyl sites for hydroxylation is 1. The van der Waals surface area contributed by atoms with Gasteiger partial charge in [0.25, 0.3) is 5.56 Å². The number of aliphatic hydroxyl groups is 1. The lowest BCUT2D eigenvalue weighted by Crippen LogP contribution is -2.21. The number of halogens is 1. The second-order valence-corrected chi connectivity index (χ2v) is 7.65. The van der Waals surface area contributed by atoms with Gasteiger partial charge in [-0.05, 0) is 19.1 Å². The Bertz CT molecular complexity index is 962. The molecule has 136 valence electrons. The number of aromatic amines is 1. The summed E-state index contributed by atoms with van der Waals surface area (Å²) in [6.07, 6.45) is 2.30. The van der Waals surface area contributed by atoms with Crippen LogP contribution in [0.2, 0.25) is 5.02 Å². The van der Waals surface area contributed by atoms with Crippen molar-refractivity contribution >= 4 is 32.9 Å². The Hall–Kier alpha value is -2.10. The molecule has 0 aliphatic rings. The molecule has 25 heavy (non-hydrogen) atoms. The number of hydrogen-bond donors (Lipinski definition) is 3. The van der Waals surface area contributed by atoms with Gasteiger partial charge in [0.1, 0.15) is 5.56 Å². The normalized spacial score (nSPS) is 11.5. The number of carbonyl (C=O) groups is 1. The Morgan fingerprint density at radius 1 is 1.36 bits per heavy atom. The summed E-state index contributed by atoms with van der Waals surface area (Å²) in [6, 6.07) is 2.52. The average molecular weight is 388 g/mol. The van der Waals surface area contributed by atoms with E-state index in [-0.39, 0.29) is 39.9 Å². The molecule has 3 N–H and O–H groups in total. The van der Waals surface area contributed by atoms with E-state index in [1.54, 1.807) is 6.92 Å². The lowest BCUT2D eigenvalue weighted by Gasteiger charge is -2.14. The van der Waals surface area contributed by atoms with Crippen LogP contribution in [-0.2, 0) is 16.4 Å². The Morgan fingerprint density at radius 2 is 2.04 bits per heavy atom. The van der Waals surface area contributed by atoms with Crippen molar-refractivity contribution in [2.45, 2.75) is 18.4 Å². The SMILES string of the molecule is CCn1[nH]cc(C(=O)c2ccc(S(C)(=O)=O)c(NCCO)c2Cl)c1=O. The summed E-state index contributed by atoms with van der Waals surface area (Å²) in [5, 5.41) is 14.2. The summed E-state index contributed by atoms with van der Waals surface area (Å²) < 4.78 is 25.1. The minimum atomic E-state index is -3.61. The van der Waals surface area contributed by atoms with E-state index in [4.69, 9.17) is 16.7 Å². The highest BCUT2D eigenvalue weighted by molar-refractivity contribution is 7.90. The molecule has 1 aromatic carbocycles. The Labute approximate surface area is 149 Å². The third-order valence-electron chi connectivity index (χ3n) is 3.56. The van der Waals surface area contributed by atoms with Gasteiger partial charge in [0.05, 0.1) is 22.2 Å². The maximum absolute atomic E-state index is 12.7. The lowest BCUT2D eigenvalue weighted by molar-refractivity contribution is 0.103. The van der Waals surface area contributed by atoms with Gasteiger partial charge in [-0.3, -0.25) is 14.3 Å². The summed E-state index contributed by atoms with van der Waals surface area (Å²) in [5.41, 5.74) is -0.561. The number of carbonyl (C=O) groups excluding carboxylic acids is 1. The van der Waals surface area contributed by atoms with Crippen LogP contribution in [0.5, 0.6) is 0 Å². The Balaban J connectivity index is 2.60. The molecular formula is C15H18ClN3O5S. The predicted molar refractivity (Wildman–Crippen MR) is 94.3 cm³/mol. The van der Waals surface area contributed by atoms with Crippen molar-refractivity contribution in [3.63, 3.8) is 0 Å². The molecule has 8 nitrogen and oxygen atoms in total. The maximum Gasteiger partial charge on any atom is 0.277 e. The van der Waals surface area contributed by atoms with Gasteiger partial charge < -0.3 is 15.5 Å². The van der Waals surface area contributed by atoms with E-state index in [0.29, 0.717) is 6.54 Å². The molecule has 0 atom stereocenters. The van der Waals surface area contributed by atoms with Crippen molar-refractivity contribution in [3.05, 3.63) is 44.8 Å². The van der Waals surface area contributed by atoms with Crippen LogP contribution in [0.1, 0.15) is 22.8 Å². The third kappa shape index (κ3) is 3.78. The van der Waals surface area contributed by atoms with Crippen LogP contribution in [0.15, 0.2) is 28.0 Å². The van der Waals surface area contributed by atoms with E-state index >= 15 is 0 Å². The van der Waals surface area contributed by atoms with Crippen LogP contribution in [-0.4, -0.2) is 48.5 Å². The molecule has 0 saturated heterocycles. The van der Waals surface area contributed by atoms with Gasteiger partial charge in [0.15, 0.2) is 9.84 Å². The molecular weight excluding hydrogens is 370 g/mol. The summed E-state index contributed by atoms with van der Waals surface area (Å²) in [4.78, 5) is 24.7. The van der Waals surface area contributed by atoms with Crippen LogP contribution in [0.25, 0.3) is 0 Å². The number of aliphatic hydroxyl groups excluding tert-OH is 1. The third-order valence-corrected chi connectivity index (χ3v) is 5.09. The first kappa shape index (κ1) is 19.2. The highest BCUT2D eigenvalue weighted by Gasteiger charge is 2.24. The first-order valence-electron chi connectivity index (χ1n) is 7.42. The number of sulfone groups is 1. The topological polar surface area (TPSA) is 121 Å². The smallest absolute Gasteiger partial charge is 0.277 e. The van der Waals surface area contributed by atoms with Gasteiger partial charge in [-0.1, -0.05) is 11.6 Å². The quantitative estimate of drug-likeness (QED) is 0.606. The van der Waals surface area contributed by atoms with Gasteiger partial charge in [-0.15, -0.1) is 0 Å². The molecule has 1 aromatic heterocycles. The fraction of sp³-hybridized carbons (Fsp3) is 0.333. The van der Waals surface area contributed by atoms with E-state index in [0.717, 1.165) is 6.26 Å². The summed E-state index contributed by atoms with van der Waals surface area (Å²) in [7, 11) is -3.61. The van der Waals surface area contributed by atoms with Gasteiger partial charge in [-0.25, -0.2) is 8.42 Å². The molecule has 0 saturated carbocycles. The van der Waals surface area contributed by atoms with E-state index in [2.05, 4.69) is 10.4 Å². The van der Waals surface area contributed by atoms with Crippen molar-refractivity contribution in [1.82, 2.24) is 9.78 Å². The molecule has 2 aromatic rings. The van der Waals surface area contributed by atoms with E-state index < -0.39 is 21.2 Å². The Kier molecular flexibility index (Phi) is 5.71. The number of nitrogens with one attached hydrogen (secondary N) is 2. The highest BCUT2D eigenvalue weighted by atomic mass is 35.5. The molecule has 0 radical (unpaired) electrons. The van der Waals surface area contributed by atoms with Crippen LogP contribution in [0.4, 0.5) is 5.69 Å². The van der Waals surface area contributed by atoms with Gasteiger partial charge in [0.2, 0.25) is 5.78 Å². The molecule has 0 bridgehead atoms. The van der Waals surface area contributed by atoms with Crippen LogP contribution >= 0.6 is 11.6 Å². The zero-order valence-corrected chi connectivity index (χ0v) is 15.2. The Morgan fingerprint density at radius 3 is 2.56 bits per heavy atom. The zero-order valence-electron chi connectivity index (χ0n) is 13.7. The van der Waals surface area contributed by atoms with E-state index in [9.17, 15) is 18.0 Å². The van der Waals surface area contributed by atoms with Gasteiger partial charge in [0, 0.05) is 31.1 Å². The average Bonchev–Trinajstić information content (AvgIpc) is 2.92. The summed E-state index contributed by atoms with van der Waals surface area (Å²) >= 11 is 6.25. The van der Waals surface area contributed by atoms with Crippen molar-refractivity contribution in [2.24, 2.45) is 0 Å². The number of rotatable bonds is 7. The monoisotopic (exact) mass is 387 g/mol. The number of ketones is 1. The van der Waals surface area contributed by atoms with Crippen molar-refractivity contribution in [3.8, 4) is 0 Å². The lowest BCUT2D eigenvalue weighted by atomic mass is 10.1. The summed E-state index contributed by atoms with van der Waals surface area (Å²) in [5.74, 6) is -0.620. The minimum absolute atomic E-state index is 0.00569. The first-order chi connectivity index (χ1) is 11.7. The van der Waals surface area contributed by atoms with Gasteiger partial charge in [-0.2, -0.15) is 0 Å². The van der Waals surface area contributed by atoms with E-state index in [1.807, 2.05) is 0 Å². The molecule has 0 unspecified atom stereocenters. The molecule has 1 heterocycles. The molecule has 10 heteroatoms. The number of H-pyrrole nitrogens is 1. The summed E-state index contributed by atoms with van der Waals surface area (Å²) in [6.45, 7) is 1.91. The van der Waals surface area contributed by atoms with Gasteiger partial charge >= 0.3 is 0 Å². The van der Waals surface area contributed by atoms with Crippen LogP contribution < -0.4 is 10.9 Å². The standard InChI is InChI=1S/C15H18ClN3O5S/c1-3-19-15(22)10(8-18-19)14(21)9-4-5-11(25(2,23)24)13(12(9)16)17-6-7-20/h4-5,8,17-18,20H,3,6-7H2,1-2H3. The number of anilines is 1. The van der Waals surface area contributed by atoms with Crippen LogP contribution in [0.3, 0.4) is 0 Å². The molecule has 0 aliphatic carbocycles. The minimum Gasteiger partial charge on any atom is -0.395 e. The predicted octanol–water partition coefficient (Wildman–Crippen LogP) is 0.888. The second-order valence-electron chi connectivity index (χ2n) is 5.29. The molecule has 0 amide bonds. The number of nitrogens with zero attached hydrogens (tertiary/aromatic N) is 1. The zero-order chi connectivity index (χ0) is 18.8. The molecule has 2 rings (SSSR count). The van der Waals surface area contributed by atoms with Crippen molar-refractivity contribution in [2.75, 3.05) is 24.7 Å².